The lowest BCUT2D eigenvalue weighted by Gasteiger charge is -2.27. The average Bonchev–Trinajstić information content (AvgIpc) is 3.25. The first-order valence-corrected chi connectivity index (χ1v) is 9.25. The summed E-state index contributed by atoms with van der Waals surface area (Å²) in [6, 6.07) is 4.12. The van der Waals surface area contributed by atoms with E-state index < -0.39 is 0 Å². The third-order valence-corrected chi connectivity index (χ3v) is 5.52. The molecule has 1 aliphatic rings. The van der Waals surface area contributed by atoms with Crippen molar-refractivity contribution in [2.75, 3.05) is 6.54 Å². The van der Waals surface area contributed by atoms with Crippen molar-refractivity contribution in [2.45, 2.75) is 39.9 Å². The first-order valence-electron chi connectivity index (χ1n) is 8.37. The molecule has 5 nitrogen and oxygen atoms in total. The molecule has 0 N–H and O–H groups in total. The number of hydrogen-bond donors (Lipinski definition) is 0. The molecular formula is C18H21N5S. The maximum atomic E-state index is 4.79. The molecule has 4 rings (SSSR count). The third-order valence-electron chi connectivity index (χ3n) is 4.65. The molecule has 3 aromatic heterocycles. The summed E-state index contributed by atoms with van der Waals surface area (Å²) in [5, 5.41) is 6.52. The van der Waals surface area contributed by atoms with Gasteiger partial charge in [-0.3, -0.25) is 9.58 Å². The van der Waals surface area contributed by atoms with Crippen molar-refractivity contribution in [3.63, 3.8) is 0 Å². The lowest BCUT2D eigenvalue weighted by molar-refractivity contribution is 0.242. The highest BCUT2D eigenvalue weighted by atomic mass is 32.1. The molecule has 0 aliphatic carbocycles. The highest BCUT2D eigenvalue weighted by Crippen LogP contribution is 2.25. The van der Waals surface area contributed by atoms with E-state index in [1.54, 1.807) is 11.3 Å². The maximum absolute atomic E-state index is 4.79. The molecule has 6 heteroatoms. The van der Waals surface area contributed by atoms with Gasteiger partial charge in [-0.1, -0.05) is 6.07 Å². The van der Waals surface area contributed by atoms with Gasteiger partial charge in [0.1, 0.15) is 0 Å². The molecule has 0 atom stereocenters. The summed E-state index contributed by atoms with van der Waals surface area (Å²) >= 11 is 1.69. The molecule has 0 fully saturated rings. The van der Waals surface area contributed by atoms with Crippen LogP contribution in [-0.2, 0) is 26.1 Å². The van der Waals surface area contributed by atoms with E-state index in [1.165, 1.54) is 22.5 Å². The van der Waals surface area contributed by atoms with Crippen molar-refractivity contribution in [2.24, 2.45) is 0 Å². The van der Waals surface area contributed by atoms with Crippen LogP contribution in [0.3, 0.4) is 0 Å². The minimum absolute atomic E-state index is 0.859. The van der Waals surface area contributed by atoms with Gasteiger partial charge in [-0.05, 0) is 25.3 Å². The predicted molar refractivity (Wildman–Crippen MR) is 95.8 cm³/mol. The van der Waals surface area contributed by atoms with Gasteiger partial charge in [0, 0.05) is 55.6 Å². The minimum Gasteiger partial charge on any atom is -0.294 e. The van der Waals surface area contributed by atoms with Crippen molar-refractivity contribution in [3.05, 3.63) is 52.4 Å². The van der Waals surface area contributed by atoms with Crippen LogP contribution in [0.4, 0.5) is 0 Å². The Kier molecular flexibility index (Phi) is 4.16. The van der Waals surface area contributed by atoms with Crippen LogP contribution in [0, 0.1) is 6.92 Å². The Morgan fingerprint density at radius 3 is 2.96 bits per heavy atom. The Balaban J connectivity index is 1.50. The van der Waals surface area contributed by atoms with Gasteiger partial charge in [0.2, 0.25) is 0 Å². The molecule has 0 amide bonds. The predicted octanol–water partition coefficient (Wildman–Crippen LogP) is 3.29. The number of aryl methyl sites for hydroxylation is 1. The van der Waals surface area contributed by atoms with Crippen molar-refractivity contribution in [1.82, 2.24) is 24.6 Å². The van der Waals surface area contributed by atoms with Gasteiger partial charge in [0.25, 0.3) is 0 Å². The van der Waals surface area contributed by atoms with Gasteiger partial charge in [0.15, 0.2) is 5.82 Å². The zero-order valence-electron chi connectivity index (χ0n) is 14.1. The SMILES string of the molecule is CCn1ncc(CN2CCc3nc(-c4cccs4)ncc3C2)c1C. The summed E-state index contributed by atoms with van der Waals surface area (Å²) in [6.07, 6.45) is 4.99. The van der Waals surface area contributed by atoms with Crippen molar-refractivity contribution in [1.29, 1.82) is 0 Å². The van der Waals surface area contributed by atoms with Crippen LogP contribution in [0.5, 0.6) is 0 Å². The fraction of sp³-hybridized carbons (Fsp3) is 0.389. The molecule has 1 aliphatic heterocycles. The lowest BCUT2D eigenvalue weighted by Crippen LogP contribution is -2.31. The monoisotopic (exact) mass is 339 g/mol. The Morgan fingerprint density at radius 2 is 2.21 bits per heavy atom. The molecule has 4 heterocycles. The molecule has 0 saturated heterocycles. The van der Waals surface area contributed by atoms with Gasteiger partial charge in [-0.15, -0.1) is 11.3 Å². The summed E-state index contributed by atoms with van der Waals surface area (Å²) in [4.78, 5) is 13.0. The third kappa shape index (κ3) is 2.87. The van der Waals surface area contributed by atoms with Crippen molar-refractivity contribution < 1.29 is 0 Å². The number of aromatic nitrogens is 4. The van der Waals surface area contributed by atoms with Gasteiger partial charge in [-0.2, -0.15) is 5.10 Å². The van der Waals surface area contributed by atoms with Crippen molar-refractivity contribution in [3.8, 4) is 10.7 Å². The Labute approximate surface area is 146 Å². The molecule has 0 radical (unpaired) electrons. The van der Waals surface area contributed by atoms with E-state index in [4.69, 9.17) is 4.98 Å². The summed E-state index contributed by atoms with van der Waals surface area (Å²) in [5.41, 5.74) is 5.04. The van der Waals surface area contributed by atoms with E-state index in [0.29, 0.717) is 0 Å². The minimum atomic E-state index is 0.859. The van der Waals surface area contributed by atoms with Crippen LogP contribution in [0.25, 0.3) is 10.7 Å². The van der Waals surface area contributed by atoms with Crippen molar-refractivity contribution >= 4 is 11.3 Å². The largest absolute Gasteiger partial charge is 0.294 e. The van der Waals surface area contributed by atoms with Crippen LogP contribution < -0.4 is 0 Å². The molecule has 0 aromatic carbocycles. The Morgan fingerprint density at radius 1 is 1.29 bits per heavy atom. The number of rotatable bonds is 4. The number of fused-ring (bicyclic) bond motifs is 1. The number of hydrogen-bond acceptors (Lipinski definition) is 5. The van der Waals surface area contributed by atoms with Crippen LogP contribution in [0.1, 0.15) is 29.4 Å². The van der Waals surface area contributed by atoms with E-state index >= 15 is 0 Å². The van der Waals surface area contributed by atoms with Crippen LogP contribution in [-0.4, -0.2) is 31.2 Å². The quantitative estimate of drug-likeness (QED) is 0.732. The highest BCUT2D eigenvalue weighted by Gasteiger charge is 2.20. The fourth-order valence-electron chi connectivity index (χ4n) is 3.23. The average molecular weight is 339 g/mol. The first kappa shape index (κ1) is 15.5. The second-order valence-corrected chi connectivity index (χ2v) is 7.12. The second kappa shape index (κ2) is 6.45. The summed E-state index contributed by atoms with van der Waals surface area (Å²) < 4.78 is 2.06. The molecule has 124 valence electrons. The first-order chi connectivity index (χ1) is 11.7. The topological polar surface area (TPSA) is 46.8 Å². The fourth-order valence-corrected chi connectivity index (χ4v) is 3.90. The molecular weight excluding hydrogens is 318 g/mol. The Hall–Kier alpha value is -2.05. The smallest absolute Gasteiger partial charge is 0.169 e. The molecule has 3 aromatic rings. The van der Waals surface area contributed by atoms with Crippen LogP contribution in [0.2, 0.25) is 0 Å². The molecule has 0 unspecified atom stereocenters. The summed E-state index contributed by atoms with van der Waals surface area (Å²) in [7, 11) is 0. The zero-order chi connectivity index (χ0) is 16.5. The lowest BCUT2D eigenvalue weighted by atomic mass is 10.1. The summed E-state index contributed by atoms with van der Waals surface area (Å²) in [5.74, 6) is 0.859. The van der Waals surface area contributed by atoms with Gasteiger partial charge < -0.3 is 0 Å². The highest BCUT2D eigenvalue weighted by molar-refractivity contribution is 7.13. The summed E-state index contributed by atoms with van der Waals surface area (Å²) in [6.45, 7) is 8.09. The van der Waals surface area contributed by atoms with Gasteiger partial charge in [0.05, 0.1) is 16.8 Å². The standard InChI is InChI=1S/C18H21N5S/c1-3-23-13(2)14(10-20-23)11-22-7-6-16-15(12-22)9-19-18(21-16)17-5-4-8-24-17/h4-5,8-10H,3,6-7,11-12H2,1-2H3. The van der Waals surface area contributed by atoms with Gasteiger partial charge in [-0.25, -0.2) is 9.97 Å². The second-order valence-electron chi connectivity index (χ2n) is 6.17. The van der Waals surface area contributed by atoms with E-state index in [0.717, 1.165) is 43.3 Å². The number of thiophene rings is 1. The van der Waals surface area contributed by atoms with E-state index in [-0.39, 0.29) is 0 Å². The maximum Gasteiger partial charge on any atom is 0.169 e. The van der Waals surface area contributed by atoms with Gasteiger partial charge >= 0.3 is 0 Å². The van der Waals surface area contributed by atoms with E-state index in [2.05, 4.69) is 45.0 Å². The number of nitrogens with zero attached hydrogens (tertiary/aromatic N) is 5. The zero-order valence-corrected chi connectivity index (χ0v) is 14.9. The Bertz CT molecular complexity index is 837. The van der Waals surface area contributed by atoms with Crippen LogP contribution in [0.15, 0.2) is 29.9 Å². The van der Waals surface area contributed by atoms with Crippen LogP contribution >= 0.6 is 11.3 Å². The van der Waals surface area contributed by atoms with E-state index in [9.17, 15) is 0 Å². The molecule has 0 bridgehead atoms. The molecule has 0 saturated carbocycles. The van der Waals surface area contributed by atoms with E-state index in [1.807, 2.05) is 18.5 Å². The molecule has 0 spiro atoms. The molecule has 24 heavy (non-hydrogen) atoms. The normalized spacial score (nSPS) is 14.8.